The van der Waals surface area contributed by atoms with Crippen molar-refractivity contribution in [2.75, 3.05) is 5.75 Å². The van der Waals surface area contributed by atoms with E-state index in [2.05, 4.69) is 10.5 Å². The van der Waals surface area contributed by atoms with Crippen LogP contribution in [0.25, 0.3) is 11.1 Å². The monoisotopic (exact) mass is 208 g/mol. The smallest absolute Gasteiger partial charge is 0.250 e. The molecule has 0 fully saturated rings. The number of rotatable bonds is 0. The summed E-state index contributed by atoms with van der Waals surface area (Å²) in [6, 6.07) is 5.75. The number of para-hydroxylation sites is 1. The van der Waals surface area contributed by atoms with E-state index in [9.17, 15) is 4.79 Å². The zero-order valence-corrected chi connectivity index (χ0v) is 8.04. The molecule has 72 valence electrons. The number of phenolic OH excluding ortho intramolecular Hbond substituents is 1. The Morgan fingerprint density at radius 1 is 1.43 bits per heavy atom. The molecule has 2 aliphatic carbocycles. The lowest BCUT2D eigenvalue weighted by Crippen LogP contribution is -2.22. The standard InChI is InChI=1S/C6H4O.C3H4N2OS/c7-6-4-2-1-3-5(4)6;6-3-1-7-2-4-5-3/h1-3,7H;2H,1H2,(H,5,6). The van der Waals surface area contributed by atoms with Crippen LogP contribution in [0.3, 0.4) is 0 Å². The zero-order valence-electron chi connectivity index (χ0n) is 7.23. The molecule has 2 N–H and O–H groups in total. The summed E-state index contributed by atoms with van der Waals surface area (Å²) in [5, 5.41) is 12.2. The van der Waals surface area contributed by atoms with Crippen LogP contribution < -0.4 is 5.43 Å². The van der Waals surface area contributed by atoms with Crippen molar-refractivity contribution < 1.29 is 9.90 Å². The summed E-state index contributed by atoms with van der Waals surface area (Å²) in [6.07, 6.45) is 0. The number of aromatic hydroxyl groups is 1. The number of benzene rings is 1. The fourth-order valence-corrected chi connectivity index (χ4v) is 1.48. The molecule has 0 aromatic rings. The summed E-state index contributed by atoms with van der Waals surface area (Å²) >= 11 is 1.40. The van der Waals surface area contributed by atoms with Crippen LogP contribution >= 0.6 is 11.8 Å². The van der Waals surface area contributed by atoms with E-state index in [-0.39, 0.29) is 5.91 Å². The Balaban J connectivity index is 0.000000107. The molecule has 14 heavy (non-hydrogen) atoms. The fraction of sp³-hybridized carbons (Fsp3) is 0.111. The predicted molar refractivity (Wildman–Crippen MR) is 56.2 cm³/mol. The molecule has 0 saturated carbocycles. The Morgan fingerprint density at radius 2 is 2.14 bits per heavy atom. The summed E-state index contributed by atoms with van der Waals surface area (Å²) in [7, 11) is 0. The van der Waals surface area contributed by atoms with Crippen molar-refractivity contribution in [3.8, 4) is 16.9 Å². The largest absolute Gasteiger partial charge is 0.507 e. The van der Waals surface area contributed by atoms with Gasteiger partial charge in [-0.2, -0.15) is 5.10 Å². The lowest BCUT2D eigenvalue weighted by atomic mass is 10.6. The van der Waals surface area contributed by atoms with E-state index in [1.165, 1.54) is 11.8 Å². The van der Waals surface area contributed by atoms with Crippen LogP contribution in [0.1, 0.15) is 0 Å². The number of carbonyl (C=O) groups excluding carboxylic acids is 1. The molecular formula is C9H8N2O2S. The first-order valence-corrected chi connectivity index (χ1v) is 5.08. The van der Waals surface area contributed by atoms with Gasteiger partial charge in [-0.05, 0) is 0 Å². The van der Waals surface area contributed by atoms with Gasteiger partial charge in [0.15, 0.2) is 0 Å². The van der Waals surface area contributed by atoms with E-state index in [0.717, 1.165) is 11.1 Å². The molecule has 5 heteroatoms. The molecule has 1 aliphatic heterocycles. The minimum absolute atomic E-state index is 0.0208. The van der Waals surface area contributed by atoms with Gasteiger partial charge in [-0.1, -0.05) is 18.2 Å². The van der Waals surface area contributed by atoms with Crippen molar-refractivity contribution >= 4 is 23.2 Å². The molecule has 0 saturated heterocycles. The average Bonchev–Trinajstić information content (AvgIpc) is 2.68. The van der Waals surface area contributed by atoms with Gasteiger partial charge in [0.2, 0.25) is 5.91 Å². The number of hydrazone groups is 1. The second kappa shape index (κ2) is 3.71. The highest BCUT2D eigenvalue weighted by molar-refractivity contribution is 8.12. The first-order chi connectivity index (χ1) is 6.79. The molecule has 1 heterocycles. The van der Waals surface area contributed by atoms with Crippen LogP contribution in [0.4, 0.5) is 0 Å². The van der Waals surface area contributed by atoms with Crippen molar-refractivity contribution in [3.05, 3.63) is 18.2 Å². The van der Waals surface area contributed by atoms with Crippen molar-refractivity contribution in [2.45, 2.75) is 0 Å². The van der Waals surface area contributed by atoms with Gasteiger partial charge in [0, 0.05) is 11.1 Å². The Morgan fingerprint density at radius 3 is 2.43 bits per heavy atom. The summed E-state index contributed by atoms with van der Waals surface area (Å²) in [5.74, 6) is 0.971. The topological polar surface area (TPSA) is 61.7 Å². The molecule has 0 spiro atoms. The number of hydrogen-bond donors (Lipinski definition) is 2. The molecule has 0 aromatic heterocycles. The Labute approximate surface area is 85.0 Å². The lowest BCUT2D eigenvalue weighted by molar-refractivity contribution is -0.118. The van der Waals surface area contributed by atoms with Gasteiger partial charge in [0.05, 0.1) is 11.3 Å². The van der Waals surface area contributed by atoms with Crippen molar-refractivity contribution in [2.24, 2.45) is 5.10 Å². The third kappa shape index (κ3) is 1.88. The van der Waals surface area contributed by atoms with Gasteiger partial charge >= 0.3 is 0 Å². The van der Waals surface area contributed by atoms with Crippen molar-refractivity contribution in [1.29, 1.82) is 0 Å². The van der Waals surface area contributed by atoms with Crippen LogP contribution in [0, 0.1) is 0 Å². The summed E-state index contributed by atoms with van der Waals surface area (Å²) < 4.78 is 0. The maximum Gasteiger partial charge on any atom is 0.250 e. The molecule has 3 rings (SSSR count). The number of phenols is 1. The molecule has 0 radical (unpaired) electrons. The van der Waals surface area contributed by atoms with Crippen LogP contribution in [0.5, 0.6) is 5.75 Å². The Bertz CT molecular complexity index is 384. The van der Waals surface area contributed by atoms with Gasteiger partial charge in [-0.3, -0.25) is 4.79 Å². The second-order valence-corrected chi connectivity index (χ2v) is 3.62. The molecule has 3 aliphatic rings. The second-order valence-electron chi connectivity index (χ2n) is 2.78. The first-order valence-electron chi connectivity index (χ1n) is 4.03. The summed E-state index contributed by atoms with van der Waals surface area (Å²) in [4.78, 5) is 10.2. The third-order valence-electron chi connectivity index (χ3n) is 1.79. The van der Waals surface area contributed by atoms with Crippen LogP contribution in [0.15, 0.2) is 23.3 Å². The third-order valence-corrected chi connectivity index (χ3v) is 2.48. The van der Waals surface area contributed by atoms with Crippen molar-refractivity contribution in [1.82, 2.24) is 5.43 Å². The summed E-state index contributed by atoms with van der Waals surface area (Å²) in [6.45, 7) is 0. The fourth-order valence-electron chi connectivity index (χ4n) is 1.07. The van der Waals surface area contributed by atoms with Gasteiger partial charge in [0.25, 0.3) is 0 Å². The number of amides is 1. The number of thioether (sulfide) groups is 1. The maximum absolute atomic E-state index is 10.2. The van der Waals surface area contributed by atoms with E-state index in [0.29, 0.717) is 11.5 Å². The summed E-state index contributed by atoms with van der Waals surface area (Å²) in [5.41, 5.74) is 5.96. The van der Waals surface area contributed by atoms with Crippen molar-refractivity contribution in [3.63, 3.8) is 0 Å². The molecular weight excluding hydrogens is 200 g/mol. The van der Waals surface area contributed by atoms with Gasteiger partial charge in [0.1, 0.15) is 5.75 Å². The Kier molecular flexibility index (Phi) is 2.41. The molecule has 0 unspecified atom stereocenters. The quantitative estimate of drug-likeness (QED) is 0.683. The molecule has 0 aromatic carbocycles. The van der Waals surface area contributed by atoms with Gasteiger partial charge in [-0.25, -0.2) is 5.43 Å². The number of hydrogen-bond acceptors (Lipinski definition) is 4. The number of nitrogens with one attached hydrogen (secondary N) is 1. The molecule has 0 atom stereocenters. The molecule has 1 amide bonds. The van der Waals surface area contributed by atoms with E-state index in [1.54, 1.807) is 5.55 Å². The van der Waals surface area contributed by atoms with Crippen LogP contribution in [-0.4, -0.2) is 22.3 Å². The van der Waals surface area contributed by atoms with Crippen LogP contribution in [-0.2, 0) is 4.79 Å². The zero-order chi connectivity index (χ0) is 9.97. The normalized spacial score (nSPS) is 15.3. The SMILES string of the molecule is O=C1CSC=NN1.Oc1c2cccc1-2. The van der Waals surface area contributed by atoms with E-state index in [1.807, 2.05) is 18.2 Å². The van der Waals surface area contributed by atoms with Crippen LogP contribution in [0.2, 0.25) is 0 Å². The highest BCUT2D eigenvalue weighted by atomic mass is 32.2. The van der Waals surface area contributed by atoms with E-state index >= 15 is 0 Å². The predicted octanol–water partition coefficient (Wildman–Crippen LogP) is 1.17. The average molecular weight is 208 g/mol. The molecule has 4 nitrogen and oxygen atoms in total. The minimum atomic E-state index is -0.0208. The highest BCUT2D eigenvalue weighted by Crippen LogP contribution is 2.49. The lowest BCUT2D eigenvalue weighted by Gasteiger charge is -1.99. The first kappa shape index (κ1) is 9.08. The van der Waals surface area contributed by atoms with Gasteiger partial charge in [-0.15, -0.1) is 11.8 Å². The highest BCUT2D eigenvalue weighted by Gasteiger charge is 2.21. The Hall–Kier alpha value is -1.49. The maximum atomic E-state index is 10.2. The number of carbonyl (C=O) groups is 1. The van der Waals surface area contributed by atoms with Gasteiger partial charge < -0.3 is 5.11 Å². The number of fused-ring (bicyclic) bond motifs is 1. The molecule has 0 bridgehead atoms. The van der Waals surface area contributed by atoms with E-state index < -0.39 is 0 Å². The minimum Gasteiger partial charge on any atom is -0.507 e. The number of nitrogens with zero attached hydrogens (tertiary/aromatic N) is 1. The van der Waals surface area contributed by atoms with E-state index in [4.69, 9.17) is 5.11 Å².